The third-order valence-corrected chi connectivity index (χ3v) is 4.78. The van der Waals surface area contributed by atoms with Crippen LogP contribution in [0.15, 0.2) is 0 Å². The van der Waals surface area contributed by atoms with E-state index in [-0.39, 0.29) is 0 Å². The van der Waals surface area contributed by atoms with Gasteiger partial charge in [0.1, 0.15) is 5.82 Å². The molecule has 0 aliphatic carbocycles. The Morgan fingerprint density at radius 2 is 2.36 bits per heavy atom. The molecule has 2 fully saturated rings. The molecule has 3 N–H and O–H groups in total. The van der Waals surface area contributed by atoms with E-state index in [2.05, 4.69) is 20.2 Å². The highest BCUT2D eigenvalue weighted by molar-refractivity contribution is 5.44. The second-order valence-electron chi connectivity index (χ2n) is 6.29. The van der Waals surface area contributed by atoms with Gasteiger partial charge in [-0.05, 0) is 25.8 Å². The molecule has 120 valence electrons. The molecule has 1 aromatic heterocycles. The first-order valence-electron chi connectivity index (χ1n) is 8.14. The number of nitrogens with two attached hydrogens (primary N) is 1. The topological polar surface area (TPSA) is 85.5 Å². The summed E-state index contributed by atoms with van der Waals surface area (Å²) in [6, 6.07) is 1.03. The number of likely N-dealkylation sites (tertiary alicyclic amines) is 1. The normalized spacial score (nSPS) is 27.1. The van der Waals surface area contributed by atoms with Crippen molar-refractivity contribution in [1.29, 1.82) is 0 Å². The van der Waals surface area contributed by atoms with Gasteiger partial charge >= 0.3 is 6.01 Å². The van der Waals surface area contributed by atoms with Crippen LogP contribution in [0.5, 0.6) is 6.01 Å². The first-order chi connectivity index (χ1) is 10.8. The van der Waals surface area contributed by atoms with E-state index in [1.54, 1.807) is 0 Å². The molecule has 0 amide bonds. The largest absolute Gasteiger partial charge is 0.463 e. The summed E-state index contributed by atoms with van der Waals surface area (Å²) in [4.78, 5) is 11.3. The number of nitrogens with zero attached hydrogens (tertiary/aromatic N) is 3. The summed E-state index contributed by atoms with van der Waals surface area (Å²) in [5.41, 5.74) is 8.05. The first-order valence-corrected chi connectivity index (χ1v) is 8.14. The van der Waals surface area contributed by atoms with Gasteiger partial charge in [-0.2, -0.15) is 9.97 Å². The van der Waals surface area contributed by atoms with Gasteiger partial charge in [-0.15, -0.1) is 0 Å². The standard InChI is InChI=1S/C15H23N5O2/c16-14-12-2-3-17-7-13(12)18-15(19-14)21-5-1-4-20-8-11-6-10(20)9-22-11/h10-11,17H,1-9H2,(H2,16,18,19)/t10-,11-/m0/s1. The average molecular weight is 305 g/mol. The highest BCUT2D eigenvalue weighted by atomic mass is 16.5. The van der Waals surface area contributed by atoms with Crippen LogP contribution < -0.4 is 15.8 Å². The number of fused-ring (bicyclic) bond motifs is 3. The lowest BCUT2D eigenvalue weighted by Gasteiger charge is -2.26. The van der Waals surface area contributed by atoms with Gasteiger partial charge in [0.15, 0.2) is 0 Å². The van der Waals surface area contributed by atoms with Crippen LogP contribution in [0.25, 0.3) is 0 Å². The van der Waals surface area contributed by atoms with Crippen molar-refractivity contribution in [2.24, 2.45) is 0 Å². The predicted molar refractivity (Wildman–Crippen MR) is 81.7 cm³/mol. The van der Waals surface area contributed by atoms with E-state index in [0.29, 0.717) is 30.6 Å². The Hall–Kier alpha value is -1.44. The fourth-order valence-electron chi connectivity index (χ4n) is 3.61. The Morgan fingerprint density at radius 3 is 3.18 bits per heavy atom. The number of aromatic nitrogens is 2. The van der Waals surface area contributed by atoms with Gasteiger partial charge < -0.3 is 20.5 Å². The van der Waals surface area contributed by atoms with Gasteiger partial charge in [0.25, 0.3) is 0 Å². The molecule has 0 aromatic carbocycles. The van der Waals surface area contributed by atoms with Gasteiger partial charge in [0.05, 0.1) is 25.0 Å². The lowest BCUT2D eigenvalue weighted by molar-refractivity contribution is 0.0287. The Labute approximate surface area is 130 Å². The molecule has 1 aromatic rings. The number of nitrogen functional groups attached to an aromatic ring is 1. The summed E-state index contributed by atoms with van der Waals surface area (Å²) in [6.45, 7) is 5.31. The number of nitrogens with one attached hydrogen (secondary N) is 1. The Bertz CT molecular complexity index is 553. The van der Waals surface area contributed by atoms with E-state index < -0.39 is 0 Å². The molecule has 7 heteroatoms. The third-order valence-electron chi connectivity index (χ3n) is 4.78. The average Bonchev–Trinajstić information content (AvgIpc) is 3.14. The zero-order valence-corrected chi connectivity index (χ0v) is 12.8. The molecule has 2 bridgehead atoms. The van der Waals surface area contributed by atoms with Crippen molar-refractivity contribution < 1.29 is 9.47 Å². The Balaban J connectivity index is 1.28. The monoisotopic (exact) mass is 305 g/mol. The Morgan fingerprint density at radius 1 is 1.41 bits per heavy atom. The lowest BCUT2D eigenvalue weighted by atomic mass is 10.1. The summed E-state index contributed by atoms with van der Waals surface area (Å²) >= 11 is 0. The number of anilines is 1. The van der Waals surface area contributed by atoms with Crippen molar-refractivity contribution in [2.75, 3.05) is 38.6 Å². The molecule has 0 unspecified atom stereocenters. The van der Waals surface area contributed by atoms with Gasteiger partial charge in [0.2, 0.25) is 0 Å². The van der Waals surface area contributed by atoms with Crippen molar-refractivity contribution in [2.45, 2.75) is 38.0 Å². The van der Waals surface area contributed by atoms with E-state index in [0.717, 1.165) is 56.9 Å². The molecular formula is C15H23N5O2. The molecule has 0 saturated carbocycles. The minimum absolute atomic E-state index is 0.409. The van der Waals surface area contributed by atoms with Crippen LogP contribution >= 0.6 is 0 Å². The molecule has 3 aliphatic heterocycles. The zero-order valence-electron chi connectivity index (χ0n) is 12.8. The lowest BCUT2D eigenvalue weighted by Crippen LogP contribution is -2.38. The van der Waals surface area contributed by atoms with Crippen LogP contribution in [0.1, 0.15) is 24.1 Å². The van der Waals surface area contributed by atoms with Crippen LogP contribution in [-0.4, -0.2) is 59.9 Å². The quantitative estimate of drug-likeness (QED) is 0.737. The molecule has 4 rings (SSSR count). The van der Waals surface area contributed by atoms with Crippen LogP contribution in [0.3, 0.4) is 0 Å². The fourth-order valence-corrected chi connectivity index (χ4v) is 3.61. The number of ether oxygens (including phenoxy) is 2. The van der Waals surface area contributed by atoms with Crippen LogP contribution in [-0.2, 0) is 17.7 Å². The SMILES string of the molecule is Nc1nc(OCCCN2C[C@@H]3C[C@H]2CO3)nc2c1CCNC2. The van der Waals surface area contributed by atoms with Crippen molar-refractivity contribution >= 4 is 5.82 Å². The molecule has 22 heavy (non-hydrogen) atoms. The zero-order chi connectivity index (χ0) is 14.9. The number of hydrogen-bond acceptors (Lipinski definition) is 7. The smallest absolute Gasteiger partial charge is 0.318 e. The van der Waals surface area contributed by atoms with Gasteiger partial charge in [0, 0.05) is 31.2 Å². The maximum absolute atomic E-state index is 6.01. The first kappa shape index (κ1) is 14.2. The van der Waals surface area contributed by atoms with Crippen molar-refractivity contribution in [3.63, 3.8) is 0 Å². The molecule has 2 saturated heterocycles. The molecule has 7 nitrogen and oxygen atoms in total. The van der Waals surface area contributed by atoms with Gasteiger partial charge in [-0.1, -0.05) is 0 Å². The number of hydrogen-bond donors (Lipinski definition) is 2. The highest BCUT2D eigenvalue weighted by Crippen LogP contribution is 2.27. The minimum Gasteiger partial charge on any atom is -0.463 e. The van der Waals surface area contributed by atoms with E-state index >= 15 is 0 Å². The Kier molecular flexibility index (Phi) is 3.85. The molecule has 3 aliphatic rings. The minimum atomic E-state index is 0.409. The third kappa shape index (κ3) is 2.76. The van der Waals surface area contributed by atoms with Crippen LogP contribution in [0, 0.1) is 0 Å². The number of morpholine rings is 1. The van der Waals surface area contributed by atoms with E-state index in [1.165, 1.54) is 6.42 Å². The summed E-state index contributed by atoms with van der Waals surface area (Å²) in [5, 5.41) is 3.30. The van der Waals surface area contributed by atoms with Crippen LogP contribution in [0.2, 0.25) is 0 Å². The van der Waals surface area contributed by atoms with Crippen molar-refractivity contribution in [3.8, 4) is 6.01 Å². The molecular weight excluding hydrogens is 282 g/mol. The van der Waals surface area contributed by atoms with Crippen molar-refractivity contribution in [1.82, 2.24) is 20.2 Å². The summed E-state index contributed by atoms with van der Waals surface area (Å²) in [6.07, 6.45) is 3.52. The second-order valence-corrected chi connectivity index (χ2v) is 6.29. The van der Waals surface area contributed by atoms with E-state index in [9.17, 15) is 0 Å². The maximum Gasteiger partial charge on any atom is 0.318 e. The van der Waals surface area contributed by atoms with Gasteiger partial charge in [-0.25, -0.2) is 0 Å². The molecule has 2 atom stereocenters. The van der Waals surface area contributed by atoms with E-state index in [1.807, 2.05) is 0 Å². The maximum atomic E-state index is 6.01. The van der Waals surface area contributed by atoms with Crippen LogP contribution in [0.4, 0.5) is 5.82 Å². The molecule has 4 heterocycles. The summed E-state index contributed by atoms with van der Waals surface area (Å²) in [5.74, 6) is 0.565. The summed E-state index contributed by atoms with van der Waals surface area (Å²) in [7, 11) is 0. The number of rotatable bonds is 5. The summed E-state index contributed by atoms with van der Waals surface area (Å²) < 4.78 is 11.3. The predicted octanol–water partition coefficient (Wildman–Crippen LogP) is -0.0535. The van der Waals surface area contributed by atoms with E-state index in [4.69, 9.17) is 15.2 Å². The molecule has 0 radical (unpaired) electrons. The fraction of sp³-hybridized carbons (Fsp3) is 0.733. The molecule has 0 spiro atoms. The van der Waals surface area contributed by atoms with Gasteiger partial charge in [-0.3, -0.25) is 4.90 Å². The van der Waals surface area contributed by atoms with Crippen molar-refractivity contribution in [3.05, 3.63) is 11.3 Å². The second kappa shape index (κ2) is 5.98. The highest BCUT2D eigenvalue weighted by Gasteiger charge is 2.38.